The molecule has 21 heavy (non-hydrogen) atoms. The summed E-state index contributed by atoms with van der Waals surface area (Å²) in [4.78, 5) is 9.76. The lowest BCUT2D eigenvalue weighted by Crippen LogP contribution is -2.16. The topological polar surface area (TPSA) is 37.8 Å². The first-order chi connectivity index (χ1) is 10.3. The highest BCUT2D eigenvalue weighted by molar-refractivity contribution is 5.38. The Morgan fingerprint density at radius 1 is 1.00 bits per heavy atom. The molecule has 2 saturated carbocycles. The van der Waals surface area contributed by atoms with E-state index in [0.29, 0.717) is 11.8 Å². The molecule has 2 aliphatic rings. The molecule has 3 nitrogen and oxygen atoms in total. The first-order valence-electron chi connectivity index (χ1n) is 8.92. The lowest BCUT2D eigenvalue weighted by Gasteiger charge is -2.27. The fourth-order valence-corrected chi connectivity index (χ4v) is 3.43. The number of hydrogen-bond acceptors (Lipinski definition) is 3. The normalized spacial score (nSPS) is 25.8. The van der Waals surface area contributed by atoms with Crippen LogP contribution in [0.15, 0.2) is 6.07 Å². The Morgan fingerprint density at radius 2 is 1.71 bits per heavy atom. The molecule has 1 heterocycles. The Kier molecular flexibility index (Phi) is 4.77. The summed E-state index contributed by atoms with van der Waals surface area (Å²) in [5.74, 6) is 4.41. The van der Waals surface area contributed by atoms with E-state index < -0.39 is 0 Å². The average Bonchev–Trinajstić information content (AvgIpc) is 3.37. The van der Waals surface area contributed by atoms with E-state index in [4.69, 9.17) is 9.97 Å². The van der Waals surface area contributed by atoms with Gasteiger partial charge in [-0.3, -0.25) is 0 Å². The average molecular weight is 287 g/mol. The second kappa shape index (κ2) is 6.76. The van der Waals surface area contributed by atoms with E-state index in [2.05, 4.69) is 25.2 Å². The predicted molar refractivity (Wildman–Crippen MR) is 87.8 cm³/mol. The van der Waals surface area contributed by atoms with Gasteiger partial charge in [-0.15, -0.1) is 0 Å². The quantitative estimate of drug-likeness (QED) is 0.812. The van der Waals surface area contributed by atoms with E-state index in [1.165, 1.54) is 50.6 Å². The third kappa shape index (κ3) is 3.75. The first kappa shape index (κ1) is 14.8. The molecule has 1 aromatic rings. The number of anilines is 1. The summed E-state index contributed by atoms with van der Waals surface area (Å²) in [6, 6.07) is 2.19. The molecule has 3 rings (SSSR count). The Morgan fingerprint density at radius 3 is 2.33 bits per heavy atom. The zero-order valence-electron chi connectivity index (χ0n) is 13.6. The van der Waals surface area contributed by atoms with Crippen LogP contribution in [0.2, 0.25) is 0 Å². The fourth-order valence-electron chi connectivity index (χ4n) is 3.43. The van der Waals surface area contributed by atoms with Crippen molar-refractivity contribution in [3.63, 3.8) is 0 Å². The van der Waals surface area contributed by atoms with E-state index in [9.17, 15) is 0 Å². The molecule has 116 valence electrons. The molecular formula is C18H29N3. The van der Waals surface area contributed by atoms with Crippen molar-refractivity contribution >= 4 is 5.82 Å². The van der Waals surface area contributed by atoms with Crippen molar-refractivity contribution in [2.75, 3.05) is 11.9 Å². The molecule has 0 amide bonds. The molecule has 0 aromatic carbocycles. The number of rotatable bonds is 6. The largest absolute Gasteiger partial charge is 0.370 e. The molecule has 0 aliphatic heterocycles. The van der Waals surface area contributed by atoms with Gasteiger partial charge in [0.2, 0.25) is 0 Å². The van der Waals surface area contributed by atoms with Crippen LogP contribution >= 0.6 is 0 Å². The summed E-state index contributed by atoms with van der Waals surface area (Å²) >= 11 is 0. The third-order valence-corrected chi connectivity index (χ3v) is 5.10. The molecule has 0 saturated heterocycles. The Bertz CT molecular complexity index is 460. The standard InChI is InChI=1S/C18H29N3/c1-3-11-19-17-12-16(14-9-10-14)20-18(21-17)15-7-5-13(4-2)6-8-15/h12-15H,3-11H2,1-2H3,(H,19,20,21). The van der Waals surface area contributed by atoms with Crippen molar-refractivity contribution in [1.82, 2.24) is 9.97 Å². The minimum Gasteiger partial charge on any atom is -0.370 e. The molecule has 0 radical (unpaired) electrons. The van der Waals surface area contributed by atoms with Crippen LogP contribution in [0, 0.1) is 5.92 Å². The van der Waals surface area contributed by atoms with Crippen molar-refractivity contribution in [1.29, 1.82) is 0 Å². The number of nitrogens with zero attached hydrogens (tertiary/aromatic N) is 2. The van der Waals surface area contributed by atoms with Crippen LogP contribution in [0.1, 0.15) is 88.6 Å². The summed E-state index contributed by atoms with van der Waals surface area (Å²) in [6.07, 6.45) is 10.4. The van der Waals surface area contributed by atoms with E-state index in [0.717, 1.165) is 30.5 Å². The molecule has 2 fully saturated rings. The summed E-state index contributed by atoms with van der Waals surface area (Å²) < 4.78 is 0. The molecule has 3 heteroatoms. The highest BCUT2D eigenvalue weighted by Gasteiger charge is 2.29. The van der Waals surface area contributed by atoms with Crippen molar-refractivity contribution in [3.05, 3.63) is 17.6 Å². The zero-order chi connectivity index (χ0) is 14.7. The van der Waals surface area contributed by atoms with Crippen molar-refractivity contribution in [2.24, 2.45) is 5.92 Å². The SMILES string of the molecule is CCCNc1cc(C2CC2)nc(C2CCC(CC)CC2)n1. The van der Waals surface area contributed by atoms with Gasteiger partial charge in [-0.2, -0.15) is 0 Å². The minimum atomic E-state index is 0.591. The number of aromatic nitrogens is 2. The molecular weight excluding hydrogens is 258 g/mol. The Hall–Kier alpha value is -1.12. The smallest absolute Gasteiger partial charge is 0.134 e. The van der Waals surface area contributed by atoms with Gasteiger partial charge in [0.25, 0.3) is 0 Å². The van der Waals surface area contributed by atoms with Gasteiger partial charge < -0.3 is 5.32 Å². The van der Waals surface area contributed by atoms with E-state index in [-0.39, 0.29) is 0 Å². The van der Waals surface area contributed by atoms with Crippen LogP contribution in [0.25, 0.3) is 0 Å². The molecule has 0 spiro atoms. The van der Waals surface area contributed by atoms with Gasteiger partial charge in [0.15, 0.2) is 0 Å². The van der Waals surface area contributed by atoms with Crippen LogP contribution in [0.3, 0.4) is 0 Å². The summed E-state index contributed by atoms with van der Waals surface area (Å²) in [7, 11) is 0. The van der Waals surface area contributed by atoms with Gasteiger partial charge in [0.05, 0.1) is 0 Å². The van der Waals surface area contributed by atoms with Gasteiger partial charge in [-0.1, -0.05) is 20.3 Å². The van der Waals surface area contributed by atoms with Crippen molar-refractivity contribution < 1.29 is 0 Å². The fraction of sp³-hybridized carbons (Fsp3) is 0.778. The molecule has 0 atom stereocenters. The van der Waals surface area contributed by atoms with Crippen LogP contribution < -0.4 is 5.32 Å². The van der Waals surface area contributed by atoms with Crippen molar-refractivity contribution in [3.8, 4) is 0 Å². The van der Waals surface area contributed by atoms with Gasteiger partial charge in [-0.25, -0.2) is 9.97 Å². The molecule has 0 bridgehead atoms. The van der Waals surface area contributed by atoms with Crippen LogP contribution in [0.5, 0.6) is 0 Å². The van der Waals surface area contributed by atoms with Crippen LogP contribution in [0.4, 0.5) is 5.82 Å². The highest BCUT2D eigenvalue weighted by atomic mass is 15.0. The molecule has 2 aliphatic carbocycles. The molecule has 1 N–H and O–H groups in total. The maximum absolute atomic E-state index is 4.93. The van der Waals surface area contributed by atoms with Gasteiger partial charge in [-0.05, 0) is 50.9 Å². The summed E-state index contributed by atoms with van der Waals surface area (Å²) in [5, 5.41) is 3.47. The Labute approximate surface area is 129 Å². The summed E-state index contributed by atoms with van der Waals surface area (Å²) in [5.41, 5.74) is 1.29. The van der Waals surface area contributed by atoms with Gasteiger partial charge >= 0.3 is 0 Å². The third-order valence-electron chi connectivity index (χ3n) is 5.10. The zero-order valence-corrected chi connectivity index (χ0v) is 13.6. The predicted octanol–water partition coefficient (Wildman–Crippen LogP) is 4.86. The molecule has 0 unspecified atom stereocenters. The number of hydrogen-bond donors (Lipinski definition) is 1. The summed E-state index contributed by atoms with van der Waals surface area (Å²) in [6.45, 7) is 5.52. The van der Waals surface area contributed by atoms with E-state index in [1.807, 2.05) is 0 Å². The highest BCUT2D eigenvalue weighted by Crippen LogP contribution is 2.41. The lowest BCUT2D eigenvalue weighted by atomic mass is 9.80. The maximum Gasteiger partial charge on any atom is 0.134 e. The van der Waals surface area contributed by atoms with E-state index >= 15 is 0 Å². The first-order valence-corrected chi connectivity index (χ1v) is 8.92. The van der Waals surface area contributed by atoms with Gasteiger partial charge in [0, 0.05) is 30.1 Å². The minimum absolute atomic E-state index is 0.591. The van der Waals surface area contributed by atoms with Crippen LogP contribution in [-0.4, -0.2) is 16.5 Å². The second-order valence-corrected chi connectivity index (χ2v) is 6.86. The monoisotopic (exact) mass is 287 g/mol. The lowest BCUT2D eigenvalue weighted by molar-refractivity contribution is 0.312. The van der Waals surface area contributed by atoms with E-state index in [1.54, 1.807) is 0 Å². The van der Waals surface area contributed by atoms with Crippen molar-refractivity contribution in [2.45, 2.75) is 77.0 Å². The van der Waals surface area contributed by atoms with Crippen LogP contribution in [-0.2, 0) is 0 Å². The number of nitrogens with one attached hydrogen (secondary N) is 1. The maximum atomic E-state index is 4.93. The van der Waals surface area contributed by atoms with Gasteiger partial charge in [0.1, 0.15) is 11.6 Å². The molecule has 1 aromatic heterocycles. The Balaban J connectivity index is 1.75. The second-order valence-electron chi connectivity index (χ2n) is 6.86.